The van der Waals surface area contributed by atoms with Crippen molar-refractivity contribution in [2.24, 2.45) is 5.73 Å². The molecular weight excluding hydrogens is 374 g/mol. The Morgan fingerprint density at radius 2 is 1.85 bits per heavy atom. The first-order chi connectivity index (χ1) is 12.7. The van der Waals surface area contributed by atoms with Crippen LogP contribution in [0.2, 0.25) is 0 Å². The van der Waals surface area contributed by atoms with Gasteiger partial charge in [-0.25, -0.2) is 8.42 Å². The van der Waals surface area contributed by atoms with E-state index in [1.807, 2.05) is 0 Å². The molecule has 1 amide bonds. The standard InChI is InChI=1S/C17H19N3O6S/c1-26-15-8-7-11(20-27(24,25)12-5-3-2-4-6-12)9-14(15)19-17(23)13(18)10-16(21)22/h2-9,13,20H,10,18H2,1H3,(H,19,23)(H,21,22)/t13-/m0/s1. The Morgan fingerprint density at radius 3 is 2.44 bits per heavy atom. The maximum absolute atomic E-state index is 12.4. The molecule has 0 aliphatic carbocycles. The van der Waals surface area contributed by atoms with Gasteiger partial charge in [0.25, 0.3) is 10.0 Å². The molecule has 27 heavy (non-hydrogen) atoms. The lowest BCUT2D eigenvalue weighted by Gasteiger charge is -2.15. The molecule has 0 radical (unpaired) electrons. The highest BCUT2D eigenvalue weighted by molar-refractivity contribution is 7.92. The van der Waals surface area contributed by atoms with Crippen molar-refractivity contribution in [1.82, 2.24) is 0 Å². The fourth-order valence-corrected chi connectivity index (χ4v) is 3.26. The van der Waals surface area contributed by atoms with Gasteiger partial charge in [0, 0.05) is 0 Å². The molecule has 2 aromatic carbocycles. The Labute approximate surface area is 156 Å². The van der Waals surface area contributed by atoms with Gasteiger partial charge < -0.3 is 20.9 Å². The number of ether oxygens (including phenoxy) is 1. The second-order valence-corrected chi connectivity index (χ2v) is 7.21. The van der Waals surface area contributed by atoms with Crippen LogP contribution in [0.5, 0.6) is 5.75 Å². The number of nitrogens with one attached hydrogen (secondary N) is 2. The number of aliphatic carboxylic acids is 1. The van der Waals surface area contributed by atoms with Crippen LogP contribution in [0.25, 0.3) is 0 Å². The van der Waals surface area contributed by atoms with Gasteiger partial charge in [0.05, 0.1) is 35.8 Å². The normalized spacial score (nSPS) is 12.1. The van der Waals surface area contributed by atoms with Crippen molar-refractivity contribution in [2.75, 3.05) is 17.1 Å². The Morgan fingerprint density at radius 1 is 1.19 bits per heavy atom. The van der Waals surface area contributed by atoms with E-state index in [1.165, 1.54) is 37.4 Å². The number of benzene rings is 2. The summed E-state index contributed by atoms with van der Waals surface area (Å²) in [6.07, 6.45) is -0.547. The third kappa shape index (κ3) is 5.43. The molecule has 0 unspecified atom stereocenters. The predicted molar refractivity (Wildman–Crippen MR) is 99.1 cm³/mol. The van der Waals surface area contributed by atoms with Gasteiger partial charge in [-0.2, -0.15) is 0 Å². The van der Waals surface area contributed by atoms with Gasteiger partial charge in [0.2, 0.25) is 5.91 Å². The van der Waals surface area contributed by atoms with Crippen LogP contribution in [0.4, 0.5) is 11.4 Å². The number of anilines is 2. The van der Waals surface area contributed by atoms with Crippen molar-refractivity contribution >= 4 is 33.3 Å². The average Bonchev–Trinajstić information content (AvgIpc) is 2.62. The molecule has 0 aliphatic rings. The van der Waals surface area contributed by atoms with E-state index in [2.05, 4.69) is 10.0 Å². The molecule has 2 aromatic rings. The average molecular weight is 393 g/mol. The summed E-state index contributed by atoms with van der Waals surface area (Å²) < 4.78 is 32.3. The van der Waals surface area contributed by atoms with Crippen molar-refractivity contribution in [1.29, 1.82) is 0 Å². The Hall–Kier alpha value is -3.11. The lowest BCUT2D eigenvalue weighted by atomic mass is 10.2. The van der Waals surface area contributed by atoms with Crippen LogP contribution < -0.4 is 20.5 Å². The molecular formula is C17H19N3O6S. The van der Waals surface area contributed by atoms with E-state index in [0.29, 0.717) is 0 Å². The molecule has 144 valence electrons. The van der Waals surface area contributed by atoms with E-state index in [9.17, 15) is 18.0 Å². The summed E-state index contributed by atoms with van der Waals surface area (Å²) >= 11 is 0. The number of carboxylic acids is 1. The number of carbonyl (C=O) groups is 2. The number of hydrogen-bond donors (Lipinski definition) is 4. The van der Waals surface area contributed by atoms with E-state index >= 15 is 0 Å². The van der Waals surface area contributed by atoms with Crippen molar-refractivity contribution in [3.63, 3.8) is 0 Å². The third-order valence-electron chi connectivity index (χ3n) is 3.49. The number of amides is 1. The highest BCUT2D eigenvalue weighted by Gasteiger charge is 2.20. The highest BCUT2D eigenvalue weighted by Crippen LogP contribution is 2.29. The highest BCUT2D eigenvalue weighted by atomic mass is 32.2. The monoisotopic (exact) mass is 393 g/mol. The van der Waals surface area contributed by atoms with Crippen molar-refractivity contribution in [3.8, 4) is 5.75 Å². The molecule has 0 bridgehead atoms. The summed E-state index contributed by atoms with van der Waals surface area (Å²) in [5.41, 5.74) is 5.86. The molecule has 0 heterocycles. The number of methoxy groups -OCH3 is 1. The van der Waals surface area contributed by atoms with Gasteiger partial charge in [0.15, 0.2) is 0 Å². The first-order valence-corrected chi connectivity index (χ1v) is 9.25. The number of carboxylic acid groups (broad SMARTS) is 1. The summed E-state index contributed by atoms with van der Waals surface area (Å²) in [5.74, 6) is -1.69. The maximum Gasteiger partial charge on any atom is 0.305 e. The second kappa shape index (κ2) is 8.52. The van der Waals surface area contributed by atoms with Crippen molar-refractivity contribution < 1.29 is 27.9 Å². The Bertz CT molecular complexity index is 931. The maximum atomic E-state index is 12.4. The number of carbonyl (C=O) groups excluding carboxylic acids is 1. The van der Waals surface area contributed by atoms with E-state index in [4.69, 9.17) is 15.6 Å². The van der Waals surface area contributed by atoms with Crippen molar-refractivity contribution in [2.45, 2.75) is 17.4 Å². The molecule has 0 aliphatic heterocycles. The Balaban J connectivity index is 2.24. The summed E-state index contributed by atoms with van der Waals surface area (Å²) in [4.78, 5) is 22.8. The molecule has 10 heteroatoms. The number of sulfonamides is 1. The van der Waals surface area contributed by atoms with Gasteiger partial charge in [-0.05, 0) is 30.3 Å². The summed E-state index contributed by atoms with van der Waals surface area (Å²) in [6.45, 7) is 0. The molecule has 0 saturated carbocycles. The van der Waals surface area contributed by atoms with Crippen LogP contribution in [0.15, 0.2) is 53.4 Å². The van der Waals surface area contributed by atoms with E-state index in [-0.39, 0.29) is 22.0 Å². The van der Waals surface area contributed by atoms with Crippen LogP contribution in [0, 0.1) is 0 Å². The summed E-state index contributed by atoms with van der Waals surface area (Å²) in [7, 11) is -2.45. The summed E-state index contributed by atoms with van der Waals surface area (Å²) in [6, 6.07) is 10.8. The fraction of sp³-hybridized carbons (Fsp3) is 0.176. The lowest BCUT2D eigenvalue weighted by molar-refractivity contribution is -0.138. The minimum absolute atomic E-state index is 0.0786. The zero-order valence-corrected chi connectivity index (χ0v) is 15.2. The summed E-state index contributed by atoms with van der Waals surface area (Å²) in [5, 5.41) is 11.2. The Kier molecular flexibility index (Phi) is 6.37. The molecule has 9 nitrogen and oxygen atoms in total. The molecule has 0 fully saturated rings. The minimum atomic E-state index is -3.82. The molecule has 1 atom stereocenters. The van der Waals surface area contributed by atoms with E-state index in [1.54, 1.807) is 18.2 Å². The van der Waals surface area contributed by atoms with Gasteiger partial charge in [-0.3, -0.25) is 14.3 Å². The zero-order valence-electron chi connectivity index (χ0n) is 14.4. The van der Waals surface area contributed by atoms with Crippen LogP contribution in [0.1, 0.15) is 6.42 Å². The van der Waals surface area contributed by atoms with E-state index < -0.39 is 34.4 Å². The van der Waals surface area contributed by atoms with Gasteiger partial charge >= 0.3 is 5.97 Å². The number of hydrogen-bond acceptors (Lipinski definition) is 6. The predicted octanol–water partition coefficient (Wildman–Crippen LogP) is 1.24. The third-order valence-corrected chi connectivity index (χ3v) is 4.89. The minimum Gasteiger partial charge on any atom is -0.495 e. The van der Waals surface area contributed by atoms with Crippen molar-refractivity contribution in [3.05, 3.63) is 48.5 Å². The topological polar surface area (TPSA) is 148 Å². The van der Waals surface area contributed by atoms with Crippen LogP contribution in [-0.2, 0) is 19.6 Å². The number of nitrogens with two attached hydrogens (primary N) is 1. The largest absolute Gasteiger partial charge is 0.495 e. The molecule has 0 spiro atoms. The van der Waals surface area contributed by atoms with Crippen LogP contribution in [-0.4, -0.2) is 38.6 Å². The fourth-order valence-electron chi connectivity index (χ4n) is 2.19. The van der Waals surface area contributed by atoms with Gasteiger partial charge in [0.1, 0.15) is 5.75 Å². The molecule has 2 rings (SSSR count). The zero-order chi connectivity index (χ0) is 20.0. The van der Waals surface area contributed by atoms with Gasteiger partial charge in [-0.1, -0.05) is 18.2 Å². The molecule has 0 saturated heterocycles. The molecule has 0 aromatic heterocycles. The van der Waals surface area contributed by atoms with Crippen LogP contribution >= 0.6 is 0 Å². The SMILES string of the molecule is COc1ccc(NS(=O)(=O)c2ccccc2)cc1NC(=O)[C@@H](N)CC(=O)O. The smallest absolute Gasteiger partial charge is 0.305 e. The molecule has 5 N–H and O–H groups in total. The quantitative estimate of drug-likeness (QED) is 0.527. The van der Waals surface area contributed by atoms with Crippen LogP contribution in [0.3, 0.4) is 0 Å². The first kappa shape index (κ1) is 20.2. The van der Waals surface area contributed by atoms with E-state index in [0.717, 1.165) is 0 Å². The first-order valence-electron chi connectivity index (χ1n) is 7.77. The lowest BCUT2D eigenvalue weighted by Crippen LogP contribution is -2.37. The second-order valence-electron chi connectivity index (χ2n) is 5.53. The van der Waals surface area contributed by atoms with Gasteiger partial charge in [-0.15, -0.1) is 0 Å². The number of rotatable bonds is 8.